The fraction of sp³-hybridized carbons (Fsp3) is 0.588. The Bertz CT molecular complexity index is 569. The number of nitrogens with zero attached hydrogens (tertiary/aromatic N) is 3. The standard InChI is InChI=1S/C17H26N4O3/c1-3-18-17(20-11-9-15(10-12-20)24-4-2)19-13-14-7-5-6-8-16(14)21(22)23/h5-8,15H,3-4,9-13H2,1-2H3,(H,18,19). The van der Waals surface area contributed by atoms with E-state index in [-0.39, 0.29) is 10.6 Å². The Balaban J connectivity index is 2.05. The smallest absolute Gasteiger partial charge is 0.274 e. The Labute approximate surface area is 142 Å². The molecule has 0 saturated carbocycles. The molecule has 1 saturated heterocycles. The van der Waals surface area contributed by atoms with Crippen LogP contribution in [-0.4, -0.2) is 48.1 Å². The number of ether oxygens (including phenoxy) is 1. The second kappa shape index (κ2) is 9.22. The highest BCUT2D eigenvalue weighted by Crippen LogP contribution is 2.19. The van der Waals surface area contributed by atoms with Crippen LogP contribution in [0.1, 0.15) is 32.3 Å². The maximum atomic E-state index is 11.1. The molecule has 0 atom stereocenters. The minimum Gasteiger partial charge on any atom is -0.378 e. The first-order valence-corrected chi connectivity index (χ1v) is 8.52. The number of aliphatic imine (C=N–C) groups is 1. The number of likely N-dealkylation sites (tertiary alicyclic amines) is 1. The van der Waals surface area contributed by atoms with E-state index in [0.29, 0.717) is 18.2 Å². The van der Waals surface area contributed by atoms with Gasteiger partial charge in [-0.05, 0) is 26.7 Å². The summed E-state index contributed by atoms with van der Waals surface area (Å²) in [6, 6.07) is 6.76. The molecule has 1 N–H and O–H groups in total. The lowest BCUT2D eigenvalue weighted by Gasteiger charge is -2.34. The lowest BCUT2D eigenvalue weighted by atomic mass is 10.1. The van der Waals surface area contributed by atoms with Crippen LogP contribution in [0.4, 0.5) is 5.69 Å². The Hall–Kier alpha value is -2.15. The zero-order chi connectivity index (χ0) is 17.4. The van der Waals surface area contributed by atoms with Crippen molar-refractivity contribution in [1.29, 1.82) is 0 Å². The molecular formula is C17H26N4O3. The quantitative estimate of drug-likeness (QED) is 0.374. The third-order valence-corrected chi connectivity index (χ3v) is 4.07. The number of piperidine rings is 1. The predicted molar refractivity (Wildman–Crippen MR) is 94.1 cm³/mol. The molecule has 0 amide bonds. The predicted octanol–water partition coefficient (Wildman–Crippen LogP) is 2.56. The molecule has 0 spiro atoms. The van der Waals surface area contributed by atoms with Crippen molar-refractivity contribution in [2.24, 2.45) is 4.99 Å². The second-order valence-electron chi connectivity index (χ2n) is 5.70. The van der Waals surface area contributed by atoms with E-state index in [1.165, 1.54) is 6.07 Å². The number of rotatable bonds is 6. The molecule has 1 aromatic rings. The van der Waals surface area contributed by atoms with Gasteiger partial charge in [-0.1, -0.05) is 18.2 Å². The van der Waals surface area contributed by atoms with Gasteiger partial charge < -0.3 is 15.0 Å². The van der Waals surface area contributed by atoms with E-state index in [1.807, 2.05) is 13.8 Å². The number of nitrogens with one attached hydrogen (secondary N) is 1. The van der Waals surface area contributed by atoms with E-state index in [9.17, 15) is 10.1 Å². The Morgan fingerprint density at radius 1 is 1.38 bits per heavy atom. The average Bonchev–Trinajstić information content (AvgIpc) is 2.60. The first-order valence-electron chi connectivity index (χ1n) is 8.52. The van der Waals surface area contributed by atoms with Crippen LogP contribution < -0.4 is 5.32 Å². The summed E-state index contributed by atoms with van der Waals surface area (Å²) in [6.07, 6.45) is 2.28. The molecule has 1 aliphatic rings. The summed E-state index contributed by atoms with van der Waals surface area (Å²) >= 11 is 0. The summed E-state index contributed by atoms with van der Waals surface area (Å²) in [5.41, 5.74) is 0.745. The van der Waals surface area contributed by atoms with Crippen LogP contribution in [-0.2, 0) is 11.3 Å². The van der Waals surface area contributed by atoms with Crippen LogP contribution in [0.3, 0.4) is 0 Å². The van der Waals surface area contributed by atoms with E-state index in [4.69, 9.17) is 4.74 Å². The molecule has 2 rings (SSSR count). The van der Waals surface area contributed by atoms with E-state index >= 15 is 0 Å². The van der Waals surface area contributed by atoms with Crippen LogP contribution in [0.15, 0.2) is 29.3 Å². The molecule has 7 nitrogen and oxygen atoms in total. The van der Waals surface area contributed by atoms with Crippen molar-refractivity contribution in [3.05, 3.63) is 39.9 Å². The summed E-state index contributed by atoms with van der Waals surface area (Å²) in [4.78, 5) is 17.6. The van der Waals surface area contributed by atoms with E-state index in [2.05, 4.69) is 15.2 Å². The number of guanidine groups is 1. The molecule has 1 fully saturated rings. The van der Waals surface area contributed by atoms with Gasteiger partial charge in [-0.2, -0.15) is 0 Å². The highest BCUT2D eigenvalue weighted by atomic mass is 16.6. The van der Waals surface area contributed by atoms with Gasteiger partial charge >= 0.3 is 0 Å². The number of benzene rings is 1. The zero-order valence-electron chi connectivity index (χ0n) is 14.4. The van der Waals surface area contributed by atoms with Gasteiger partial charge in [0.2, 0.25) is 0 Å². The highest BCUT2D eigenvalue weighted by molar-refractivity contribution is 5.80. The van der Waals surface area contributed by atoms with Crippen molar-refractivity contribution < 1.29 is 9.66 Å². The van der Waals surface area contributed by atoms with Crippen molar-refractivity contribution in [2.45, 2.75) is 39.3 Å². The largest absolute Gasteiger partial charge is 0.378 e. The number of para-hydroxylation sites is 1. The zero-order valence-corrected chi connectivity index (χ0v) is 14.4. The summed E-state index contributed by atoms with van der Waals surface area (Å²) in [5, 5.41) is 14.4. The molecule has 1 aromatic carbocycles. The van der Waals surface area contributed by atoms with Crippen LogP contribution in [0, 0.1) is 10.1 Å². The molecule has 0 bridgehead atoms. The third kappa shape index (κ3) is 4.92. The molecule has 0 aliphatic carbocycles. The fourth-order valence-corrected chi connectivity index (χ4v) is 2.88. The Morgan fingerprint density at radius 2 is 2.08 bits per heavy atom. The SMILES string of the molecule is CCNC(=NCc1ccccc1[N+](=O)[O-])N1CCC(OCC)CC1. The van der Waals surface area contributed by atoms with Crippen LogP contribution >= 0.6 is 0 Å². The van der Waals surface area contributed by atoms with Crippen molar-refractivity contribution in [2.75, 3.05) is 26.2 Å². The van der Waals surface area contributed by atoms with Crippen molar-refractivity contribution in [3.8, 4) is 0 Å². The molecule has 0 radical (unpaired) electrons. The molecule has 24 heavy (non-hydrogen) atoms. The van der Waals surface area contributed by atoms with Gasteiger partial charge in [0.25, 0.3) is 5.69 Å². The molecule has 1 aliphatic heterocycles. The molecule has 1 heterocycles. The molecular weight excluding hydrogens is 308 g/mol. The average molecular weight is 334 g/mol. The molecule has 132 valence electrons. The second-order valence-corrected chi connectivity index (χ2v) is 5.70. The van der Waals surface area contributed by atoms with Gasteiger partial charge in [0, 0.05) is 32.3 Å². The molecule has 0 aromatic heterocycles. The first kappa shape index (κ1) is 18.2. The third-order valence-electron chi connectivity index (χ3n) is 4.07. The summed E-state index contributed by atoms with van der Waals surface area (Å²) in [5.74, 6) is 0.811. The summed E-state index contributed by atoms with van der Waals surface area (Å²) < 4.78 is 5.68. The van der Waals surface area contributed by atoms with E-state index in [1.54, 1.807) is 18.2 Å². The maximum Gasteiger partial charge on any atom is 0.274 e. The van der Waals surface area contributed by atoms with Gasteiger partial charge in [0.1, 0.15) is 0 Å². The summed E-state index contributed by atoms with van der Waals surface area (Å²) in [6.45, 7) is 7.61. The van der Waals surface area contributed by atoms with Gasteiger partial charge in [0.15, 0.2) is 5.96 Å². The molecule has 0 unspecified atom stereocenters. The van der Waals surface area contributed by atoms with Gasteiger partial charge in [-0.3, -0.25) is 10.1 Å². The normalized spacial score (nSPS) is 16.2. The summed E-state index contributed by atoms with van der Waals surface area (Å²) in [7, 11) is 0. The van der Waals surface area contributed by atoms with Gasteiger partial charge in [0.05, 0.1) is 23.1 Å². The van der Waals surface area contributed by atoms with Gasteiger partial charge in [-0.15, -0.1) is 0 Å². The Morgan fingerprint density at radius 3 is 2.71 bits per heavy atom. The molecule has 7 heteroatoms. The number of hydrogen-bond acceptors (Lipinski definition) is 4. The highest BCUT2D eigenvalue weighted by Gasteiger charge is 2.21. The number of hydrogen-bond donors (Lipinski definition) is 1. The van der Waals surface area contributed by atoms with Crippen molar-refractivity contribution >= 4 is 11.6 Å². The van der Waals surface area contributed by atoms with Crippen LogP contribution in [0.25, 0.3) is 0 Å². The monoisotopic (exact) mass is 334 g/mol. The van der Waals surface area contributed by atoms with Crippen LogP contribution in [0.2, 0.25) is 0 Å². The minimum atomic E-state index is -0.356. The van der Waals surface area contributed by atoms with Crippen molar-refractivity contribution in [1.82, 2.24) is 10.2 Å². The topological polar surface area (TPSA) is 80.0 Å². The van der Waals surface area contributed by atoms with Gasteiger partial charge in [-0.25, -0.2) is 4.99 Å². The first-order chi connectivity index (χ1) is 11.7. The lowest BCUT2D eigenvalue weighted by Crippen LogP contribution is -2.47. The number of nitro benzene ring substituents is 1. The Kier molecular flexibility index (Phi) is 6.99. The maximum absolute atomic E-state index is 11.1. The number of nitro groups is 1. The lowest BCUT2D eigenvalue weighted by molar-refractivity contribution is -0.385. The van der Waals surface area contributed by atoms with E-state index < -0.39 is 0 Å². The fourth-order valence-electron chi connectivity index (χ4n) is 2.88. The minimum absolute atomic E-state index is 0.118. The van der Waals surface area contributed by atoms with Crippen molar-refractivity contribution in [3.63, 3.8) is 0 Å². The van der Waals surface area contributed by atoms with E-state index in [0.717, 1.165) is 45.0 Å². The van der Waals surface area contributed by atoms with Crippen LogP contribution in [0.5, 0.6) is 0 Å².